The zero-order chi connectivity index (χ0) is 13.1. The lowest BCUT2D eigenvalue weighted by atomic mass is 10.2. The third-order valence-corrected chi connectivity index (χ3v) is 2.68. The number of nitrogens with zero attached hydrogens (tertiary/aromatic N) is 3. The molecule has 1 heterocycles. The van der Waals surface area contributed by atoms with Gasteiger partial charge in [0.2, 0.25) is 0 Å². The molecule has 3 rings (SSSR count). The fourth-order valence-electron chi connectivity index (χ4n) is 1.75. The quantitative estimate of drug-likeness (QED) is 0.774. The van der Waals surface area contributed by atoms with Crippen LogP contribution in [-0.4, -0.2) is 15.2 Å². The maximum Gasteiger partial charge on any atom is 0.341 e. The van der Waals surface area contributed by atoms with Gasteiger partial charge in [-0.25, -0.2) is 0 Å². The van der Waals surface area contributed by atoms with Crippen molar-refractivity contribution in [3.8, 4) is 11.8 Å². The molecule has 0 radical (unpaired) electrons. The van der Waals surface area contributed by atoms with Crippen LogP contribution in [0.2, 0.25) is 0 Å². The van der Waals surface area contributed by atoms with Crippen LogP contribution < -0.4 is 10.5 Å². The summed E-state index contributed by atoms with van der Waals surface area (Å²) in [6.45, 7) is 0.466. The Kier molecular flexibility index (Phi) is 3.04. The second-order valence-electron chi connectivity index (χ2n) is 4.04. The minimum Gasteiger partial charge on any atom is -0.423 e. The maximum absolute atomic E-state index is 5.59. The monoisotopic (exact) mass is 252 g/mol. The molecule has 5 nitrogen and oxygen atoms in total. The predicted molar refractivity (Wildman–Crippen MR) is 71.7 cm³/mol. The molecule has 0 saturated heterocycles. The molecule has 0 amide bonds. The van der Waals surface area contributed by atoms with E-state index in [1.807, 2.05) is 48.5 Å². The summed E-state index contributed by atoms with van der Waals surface area (Å²) in [4.78, 5) is 4.30. The van der Waals surface area contributed by atoms with E-state index in [0.717, 1.165) is 16.6 Å². The van der Waals surface area contributed by atoms with E-state index in [9.17, 15) is 0 Å². The molecule has 2 N–H and O–H groups in total. The van der Waals surface area contributed by atoms with E-state index in [-0.39, 0.29) is 6.01 Å². The van der Waals surface area contributed by atoms with Crippen molar-refractivity contribution in [1.82, 2.24) is 15.2 Å². The van der Waals surface area contributed by atoms with Crippen molar-refractivity contribution in [2.75, 3.05) is 0 Å². The van der Waals surface area contributed by atoms with Crippen molar-refractivity contribution in [2.24, 2.45) is 5.73 Å². The first kappa shape index (κ1) is 11.6. The van der Waals surface area contributed by atoms with Gasteiger partial charge in [0.05, 0.1) is 5.52 Å². The number of aromatic nitrogens is 3. The van der Waals surface area contributed by atoms with E-state index < -0.39 is 0 Å². The van der Waals surface area contributed by atoms with Crippen molar-refractivity contribution < 1.29 is 4.74 Å². The molecule has 0 atom stereocenters. The van der Waals surface area contributed by atoms with Crippen LogP contribution in [0.25, 0.3) is 11.0 Å². The lowest BCUT2D eigenvalue weighted by Crippen LogP contribution is -1.98. The molecule has 0 unspecified atom stereocenters. The average molecular weight is 252 g/mol. The first-order valence-electron chi connectivity index (χ1n) is 5.91. The van der Waals surface area contributed by atoms with E-state index in [1.54, 1.807) is 0 Å². The molecular formula is C14H12N4O. The topological polar surface area (TPSA) is 73.9 Å². The highest BCUT2D eigenvalue weighted by atomic mass is 16.5. The zero-order valence-corrected chi connectivity index (χ0v) is 10.2. The minimum atomic E-state index is 0.230. The van der Waals surface area contributed by atoms with E-state index >= 15 is 0 Å². The molecule has 5 heteroatoms. The number of para-hydroxylation sites is 1. The van der Waals surface area contributed by atoms with Crippen molar-refractivity contribution in [3.05, 3.63) is 54.1 Å². The van der Waals surface area contributed by atoms with Crippen LogP contribution in [0.15, 0.2) is 48.5 Å². The summed E-state index contributed by atoms with van der Waals surface area (Å²) in [5, 5.41) is 8.00. The summed E-state index contributed by atoms with van der Waals surface area (Å²) in [6, 6.07) is 15.3. The summed E-state index contributed by atoms with van der Waals surface area (Å²) in [7, 11) is 0. The highest BCUT2D eigenvalue weighted by Crippen LogP contribution is 2.19. The Morgan fingerprint density at radius 1 is 0.947 bits per heavy atom. The third-order valence-electron chi connectivity index (χ3n) is 2.68. The molecule has 94 valence electrons. The molecule has 0 fully saturated rings. The van der Waals surface area contributed by atoms with Gasteiger partial charge >= 0.3 is 6.01 Å². The lowest BCUT2D eigenvalue weighted by Gasteiger charge is -2.05. The van der Waals surface area contributed by atoms with Crippen LogP contribution in [0.5, 0.6) is 11.8 Å². The number of nitrogens with two attached hydrogens (primary N) is 1. The molecule has 3 aromatic rings. The molecular weight excluding hydrogens is 240 g/mol. The van der Waals surface area contributed by atoms with Crippen LogP contribution in [0.3, 0.4) is 0 Å². The minimum absolute atomic E-state index is 0.230. The van der Waals surface area contributed by atoms with E-state index in [1.165, 1.54) is 0 Å². The Balaban J connectivity index is 1.92. The highest BCUT2D eigenvalue weighted by molar-refractivity contribution is 5.73. The van der Waals surface area contributed by atoms with Gasteiger partial charge in [0.25, 0.3) is 0 Å². The first-order valence-corrected chi connectivity index (χ1v) is 5.91. The highest BCUT2D eigenvalue weighted by Gasteiger charge is 2.04. The Morgan fingerprint density at radius 3 is 2.63 bits per heavy atom. The van der Waals surface area contributed by atoms with E-state index in [4.69, 9.17) is 10.5 Å². The van der Waals surface area contributed by atoms with Gasteiger partial charge in [-0.05, 0) is 29.8 Å². The molecule has 1 aromatic heterocycles. The summed E-state index contributed by atoms with van der Waals surface area (Å²) >= 11 is 0. The molecule has 0 aliphatic carbocycles. The summed E-state index contributed by atoms with van der Waals surface area (Å²) in [5.41, 5.74) is 8.07. The van der Waals surface area contributed by atoms with Gasteiger partial charge in [0, 0.05) is 6.54 Å². The predicted octanol–water partition coefficient (Wildman–Crippen LogP) is 2.28. The average Bonchev–Trinajstić information content (AvgIpc) is 2.47. The van der Waals surface area contributed by atoms with Gasteiger partial charge in [-0.3, -0.25) is 0 Å². The van der Waals surface area contributed by atoms with Crippen LogP contribution in [-0.2, 0) is 6.54 Å². The smallest absolute Gasteiger partial charge is 0.341 e. The fourth-order valence-corrected chi connectivity index (χ4v) is 1.75. The van der Waals surface area contributed by atoms with Crippen LogP contribution in [0.4, 0.5) is 0 Å². The molecule has 2 aromatic carbocycles. The summed E-state index contributed by atoms with van der Waals surface area (Å²) in [6.07, 6.45) is 0. The third kappa shape index (κ3) is 2.51. The standard InChI is InChI=1S/C14H12N4O/c15-9-10-4-3-5-11(8-10)19-14-16-12-6-1-2-7-13(12)17-18-14/h1-8H,9,15H2. The Labute approximate surface area is 110 Å². The van der Waals surface area contributed by atoms with Gasteiger partial charge < -0.3 is 10.5 Å². The zero-order valence-electron chi connectivity index (χ0n) is 10.2. The number of hydrogen-bond acceptors (Lipinski definition) is 5. The molecule has 0 saturated carbocycles. The maximum atomic E-state index is 5.59. The Morgan fingerprint density at radius 2 is 1.79 bits per heavy atom. The molecule has 0 aliphatic heterocycles. The summed E-state index contributed by atoms with van der Waals surface area (Å²) < 4.78 is 5.59. The molecule has 0 aliphatic rings. The van der Waals surface area contributed by atoms with Gasteiger partial charge in [-0.2, -0.15) is 4.98 Å². The Hall–Kier alpha value is -2.53. The SMILES string of the molecule is NCc1cccc(Oc2nnc3ccccc3n2)c1. The molecule has 19 heavy (non-hydrogen) atoms. The van der Waals surface area contributed by atoms with E-state index in [0.29, 0.717) is 12.3 Å². The van der Waals surface area contributed by atoms with Crippen LogP contribution in [0.1, 0.15) is 5.56 Å². The van der Waals surface area contributed by atoms with Crippen LogP contribution in [0, 0.1) is 0 Å². The van der Waals surface area contributed by atoms with Gasteiger partial charge in [0.15, 0.2) is 0 Å². The van der Waals surface area contributed by atoms with Crippen molar-refractivity contribution in [3.63, 3.8) is 0 Å². The number of benzene rings is 2. The first-order chi connectivity index (χ1) is 9.35. The van der Waals surface area contributed by atoms with Gasteiger partial charge in [0.1, 0.15) is 11.3 Å². The number of hydrogen-bond donors (Lipinski definition) is 1. The largest absolute Gasteiger partial charge is 0.423 e. The second kappa shape index (κ2) is 4.99. The number of rotatable bonds is 3. The normalized spacial score (nSPS) is 10.6. The van der Waals surface area contributed by atoms with Crippen LogP contribution >= 0.6 is 0 Å². The van der Waals surface area contributed by atoms with Crippen molar-refractivity contribution >= 4 is 11.0 Å². The van der Waals surface area contributed by atoms with Crippen molar-refractivity contribution in [1.29, 1.82) is 0 Å². The number of ether oxygens (including phenoxy) is 1. The second-order valence-corrected chi connectivity index (χ2v) is 4.04. The summed E-state index contributed by atoms with van der Waals surface area (Å²) in [5.74, 6) is 0.653. The molecule has 0 bridgehead atoms. The molecule has 0 spiro atoms. The van der Waals surface area contributed by atoms with E-state index in [2.05, 4.69) is 15.2 Å². The van der Waals surface area contributed by atoms with Gasteiger partial charge in [-0.15, -0.1) is 5.10 Å². The van der Waals surface area contributed by atoms with Gasteiger partial charge in [-0.1, -0.05) is 29.4 Å². The number of fused-ring (bicyclic) bond motifs is 1. The fraction of sp³-hybridized carbons (Fsp3) is 0.0714. The van der Waals surface area contributed by atoms with Crippen molar-refractivity contribution in [2.45, 2.75) is 6.54 Å². The Bertz CT molecular complexity index is 714. The lowest BCUT2D eigenvalue weighted by molar-refractivity contribution is 0.436.